The number of carbonyl (C=O) groups is 1. The van der Waals surface area contributed by atoms with Crippen molar-refractivity contribution in [2.24, 2.45) is 0 Å². The number of benzene rings is 2. The molecule has 0 saturated carbocycles. The smallest absolute Gasteiger partial charge is 0.335 e. The Labute approximate surface area is 117 Å². The number of hydrogen-bond donors (Lipinski definition) is 1. The second-order valence-corrected chi connectivity index (χ2v) is 4.72. The first-order valence-electron chi connectivity index (χ1n) is 5.86. The molecule has 0 aliphatic rings. The second kappa shape index (κ2) is 5.76. The normalized spacial score (nSPS) is 10.2. The molecule has 0 saturated heterocycles. The van der Waals surface area contributed by atoms with Gasteiger partial charge in [-0.25, -0.2) is 4.79 Å². The molecule has 2 rings (SSSR count). The van der Waals surface area contributed by atoms with Crippen LogP contribution in [0.4, 0.5) is 5.69 Å². The lowest BCUT2D eigenvalue weighted by Gasteiger charge is -2.20. The van der Waals surface area contributed by atoms with Gasteiger partial charge in [-0.05, 0) is 29.8 Å². The third kappa shape index (κ3) is 3.26. The highest BCUT2D eigenvalue weighted by Gasteiger charge is 2.07. The van der Waals surface area contributed by atoms with Gasteiger partial charge in [-0.1, -0.05) is 35.9 Å². The third-order valence-electron chi connectivity index (χ3n) is 2.88. The zero-order chi connectivity index (χ0) is 13.8. The molecule has 98 valence electrons. The zero-order valence-electron chi connectivity index (χ0n) is 10.5. The molecule has 0 atom stereocenters. The molecular formula is C15H14ClNO2. The van der Waals surface area contributed by atoms with E-state index in [9.17, 15) is 4.79 Å². The molecule has 2 aromatic carbocycles. The minimum Gasteiger partial charge on any atom is -0.478 e. The van der Waals surface area contributed by atoms with Gasteiger partial charge in [0.2, 0.25) is 0 Å². The third-order valence-corrected chi connectivity index (χ3v) is 3.20. The summed E-state index contributed by atoms with van der Waals surface area (Å²) in [5.74, 6) is -0.911. The lowest BCUT2D eigenvalue weighted by atomic mass is 10.1. The molecule has 0 fully saturated rings. The van der Waals surface area contributed by atoms with Gasteiger partial charge >= 0.3 is 5.97 Å². The highest BCUT2D eigenvalue weighted by Crippen LogP contribution is 2.25. The summed E-state index contributed by atoms with van der Waals surface area (Å²) in [5, 5.41) is 9.55. The zero-order valence-corrected chi connectivity index (χ0v) is 11.3. The van der Waals surface area contributed by atoms with E-state index in [0.29, 0.717) is 17.1 Å². The number of hydrogen-bond acceptors (Lipinski definition) is 2. The maximum atomic E-state index is 10.8. The molecule has 4 heteroatoms. The number of carboxylic acids is 1. The summed E-state index contributed by atoms with van der Waals surface area (Å²) in [4.78, 5) is 12.8. The van der Waals surface area contributed by atoms with E-state index in [2.05, 4.69) is 0 Å². The van der Waals surface area contributed by atoms with Crippen LogP contribution in [0.25, 0.3) is 0 Å². The largest absolute Gasteiger partial charge is 0.478 e. The molecule has 3 nitrogen and oxygen atoms in total. The maximum Gasteiger partial charge on any atom is 0.335 e. The first-order valence-corrected chi connectivity index (χ1v) is 6.23. The number of aromatic carboxylic acids is 1. The minimum atomic E-state index is -0.911. The first-order chi connectivity index (χ1) is 9.08. The highest BCUT2D eigenvalue weighted by atomic mass is 35.5. The Morgan fingerprint density at radius 1 is 1.16 bits per heavy atom. The first kappa shape index (κ1) is 13.4. The fourth-order valence-corrected chi connectivity index (χ4v) is 2.15. The average molecular weight is 276 g/mol. The number of rotatable bonds is 4. The van der Waals surface area contributed by atoms with Gasteiger partial charge < -0.3 is 10.0 Å². The predicted molar refractivity (Wildman–Crippen MR) is 77.0 cm³/mol. The van der Waals surface area contributed by atoms with E-state index in [0.717, 1.165) is 11.3 Å². The van der Waals surface area contributed by atoms with Crippen LogP contribution in [0.15, 0.2) is 48.5 Å². The van der Waals surface area contributed by atoms with Gasteiger partial charge in [0.05, 0.1) is 16.3 Å². The van der Waals surface area contributed by atoms with E-state index < -0.39 is 5.97 Å². The molecule has 0 unspecified atom stereocenters. The summed E-state index contributed by atoms with van der Waals surface area (Å²) in [6.45, 7) is 0.670. The Morgan fingerprint density at radius 3 is 2.37 bits per heavy atom. The highest BCUT2D eigenvalue weighted by molar-refractivity contribution is 6.33. The van der Waals surface area contributed by atoms with Gasteiger partial charge in [-0.3, -0.25) is 0 Å². The molecule has 0 bridgehead atoms. The lowest BCUT2D eigenvalue weighted by molar-refractivity contribution is 0.0697. The van der Waals surface area contributed by atoms with E-state index in [1.54, 1.807) is 12.1 Å². The van der Waals surface area contributed by atoms with Gasteiger partial charge in [-0.2, -0.15) is 0 Å². The van der Waals surface area contributed by atoms with Crippen molar-refractivity contribution < 1.29 is 9.90 Å². The standard InChI is InChI=1S/C15H14ClNO2/c1-17(14-5-3-2-4-13(14)16)10-11-6-8-12(9-7-11)15(18)19/h2-9H,10H2,1H3,(H,18,19). The Balaban J connectivity index is 2.13. The van der Waals surface area contributed by atoms with E-state index in [1.165, 1.54) is 0 Å². The number of nitrogens with zero attached hydrogens (tertiary/aromatic N) is 1. The summed E-state index contributed by atoms with van der Waals surface area (Å²) in [6.07, 6.45) is 0. The van der Waals surface area contributed by atoms with E-state index >= 15 is 0 Å². The average Bonchev–Trinajstić information content (AvgIpc) is 2.39. The molecule has 0 aliphatic heterocycles. The molecule has 0 aliphatic carbocycles. The lowest BCUT2D eigenvalue weighted by Crippen LogP contribution is -2.16. The van der Waals surface area contributed by atoms with Crippen LogP contribution in [0.3, 0.4) is 0 Å². The fourth-order valence-electron chi connectivity index (χ4n) is 1.87. The Bertz CT molecular complexity index is 581. The molecule has 1 N–H and O–H groups in total. The molecule has 0 heterocycles. The molecule has 0 aromatic heterocycles. The van der Waals surface area contributed by atoms with Crippen molar-refractivity contribution in [2.45, 2.75) is 6.54 Å². The van der Waals surface area contributed by atoms with Crippen molar-refractivity contribution in [3.8, 4) is 0 Å². The van der Waals surface area contributed by atoms with Gasteiger partial charge in [0.1, 0.15) is 0 Å². The SMILES string of the molecule is CN(Cc1ccc(C(=O)O)cc1)c1ccccc1Cl. The van der Waals surface area contributed by atoms with Crippen LogP contribution < -0.4 is 4.90 Å². The van der Waals surface area contributed by atoms with E-state index in [-0.39, 0.29) is 0 Å². The van der Waals surface area contributed by atoms with Crippen molar-refractivity contribution in [1.82, 2.24) is 0 Å². The van der Waals surface area contributed by atoms with E-state index in [1.807, 2.05) is 48.3 Å². The Hall–Kier alpha value is -2.00. The minimum absolute atomic E-state index is 0.296. The second-order valence-electron chi connectivity index (χ2n) is 4.31. The van der Waals surface area contributed by atoms with Crippen molar-refractivity contribution in [3.63, 3.8) is 0 Å². The molecular weight excluding hydrogens is 262 g/mol. The van der Waals surface area contributed by atoms with Crippen LogP contribution in [-0.2, 0) is 6.54 Å². The summed E-state index contributed by atoms with van der Waals surface area (Å²) in [5.41, 5.74) is 2.28. The van der Waals surface area contributed by atoms with Crippen LogP contribution >= 0.6 is 11.6 Å². The van der Waals surface area contributed by atoms with Gasteiger partial charge in [-0.15, -0.1) is 0 Å². The van der Waals surface area contributed by atoms with Crippen molar-refractivity contribution in [3.05, 3.63) is 64.7 Å². The molecule has 0 radical (unpaired) electrons. The van der Waals surface area contributed by atoms with Crippen molar-refractivity contribution >= 4 is 23.3 Å². The number of carboxylic acid groups (broad SMARTS) is 1. The monoisotopic (exact) mass is 275 g/mol. The maximum absolute atomic E-state index is 10.8. The Kier molecular flexibility index (Phi) is 4.07. The van der Waals surface area contributed by atoms with Crippen molar-refractivity contribution in [2.75, 3.05) is 11.9 Å². The van der Waals surface area contributed by atoms with Crippen LogP contribution in [-0.4, -0.2) is 18.1 Å². The summed E-state index contributed by atoms with van der Waals surface area (Å²) in [6, 6.07) is 14.5. The molecule has 19 heavy (non-hydrogen) atoms. The van der Waals surface area contributed by atoms with Crippen LogP contribution in [0.1, 0.15) is 15.9 Å². The predicted octanol–water partition coefficient (Wildman–Crippen LogP) is 3.67. The quantitative estimate of drug-likeness (QED) is 0.925. The van der Waals surface area contributed by atoms with Crippen LogP contribution in [0.5, 0.6) is 0 Å². The fraction of sp³-hybridized carbons (Fsp3) is 0.133. The van der Waals surface area contributed by atoms with Gasteiger partial charge in [0, 0.05) is 13.6 Å². The molecule has 2 aromatic rings. The van der Waals surface area contributed by atoms with Crippen molar-refractivity contribution in [1.29, 1.82) is 0 Å². The molecule has 0 spiro atoms. The van der Waals surface area contributed by atoms with E-state index in [4.69, 9.17) is 16.7 Å². The summed E-state index contributed by atoms with van der Waals surface area (Å²) >= 11 is 6.13. The number of halogens is 1. The number of para-hydroxylation sites is 1. The summed E-state index contributed by atoms with van der Waals surface area (Å²) < 4.78 is 0. The van der Waals surface area contributed by atoms with Gasteiger partial charge in [0.25, 0.3) is 0 Å². The van der Waals surface area contributed by atoms with Gasteiger partial charge in [0.15, 0.2) is 0 Å². The number of anilines is 1. The molecule has 0 amide bonds. The Morgan fingerprint density at radius 2 is 1.79 bits per heavy atom. The van der Waals surface area contributed by atoms with Crippen LogP contribution in [0.2, 0.25) is 5.02 Å². The topological polar surface area (TPSA) is 40.5 Å². The van der Waals surface area contributed by atoms with Crippen LogP contribution in [0, 0.1) is 0 Å². The summed E-state index contributed by atoms with van der Waals surface area (Å²) in [7, 11) is 1.95.